The highest BCUT2D eigenvalue weighted by Gasteiger charge is 2.31. The van der Waals surface area contributed by atoms with E-state index in [-0.39, 0.29) is 19.0 Å². The molecule has 1 aliphatic rings. The molecule has 108 valence electrons. The minimum absolute atomic E-state index is 0.00582. The van der Waals surface area contributed by atoms with Gasteiger partial charge in [-0.05, 0) is 25.0 Å². The number of hydrogen-bond donors (Lipinski definition) is 0. The molecule has 0 radical (unpaired) electrons. The Labute approximate surface area is 114 Å². The normalized spacial score (nSPS) is 21.4. The van der Waals surface area contributed by atoms with Crippen LogP contribution in [0.5, 0.6) is 0 Å². The molecule has 1 aliphatic heterocycles. The van der Waals surface area contributed by atoms with Crippen molar-refractivity contribution in [2.75, 3.05) is 13.1 Å². The van der Waals surface area contributed by atoms with Crippen LogP contribution in [-0.2, 0) is 10.4 Å². The van der Waals surface area contributed by atoms with Crippen molar-refractivity contribution in [2.45, 2.75) is 18.8 Å². The van der Waals surface area contributed by atoms with Gasteiger partial charge in [0.2, 0.25) is 0 Å². The standard InChI is InChI=1S/C12H12F2N2O3S/c13-9-3-4-10-11(6-9)19-12(15-10)8-2-1-5-16(7-8)20(14,17)18/h3-4,6,8H,1-2,5,7H2. The average Bonchev–Trinajstić information content (AvgIpc) is 2.81. The highest BCUT2D eigenvalue weighted by atomic mass is 32.3. The first-order valence-corrected chi connectivity index (χ1v) is 7.53. The molecule has 0 N–H and O–H groups in total. The number of hydrogen-bond acceptors (Lipinski definition) is 4. The van der Waals surface area contributed by atoms with Crippen LogP contribution >= 0.6 is 0 Å². The Morgan fingerprint density at radius 3 is 2.95 bits per heavy atom. The zero-order valence-electron chi connectivity index (χ0n) is 10.4. The molecule has 0 saturated carbocycles. The van der Waals surface area contributed by atoms with E-state index in [0.717, 1.165) is 4.31 Å². The molecule has 1 saturated heterocycles. The van der Waals surface area contributed by atoms with Gasteiger partial charge in [-0.3, -0.25) is 0 Å². The number of benzene rings is 1. The van der Waals surface area contributed by atoms with E-state index < -0.39 is 16.2 Å². The highest BCUT2D eigenvalue weighted by Crippen LogP contribution is 2.30. The number of piperidine rings is 1. The molecule has 0 aliphatic carbocycles. The van der Waals surface area contributed by atoms with E-state index in [1.165, 1.54) is 18.2 Å². The molecule has 1 atom stereocenters. The van der Waals surface area contributed by atoms with Crippen LogP contribution in [0.2, 0.25) is 0 Å². The number of aromatic nitrogens is 1. The Morgan fingerprint density at radius 1 is 1.40 bits per heavy atom. The van der Waals surface area contributed by atoms with E-state index in [0.29, 0.717) is 29.8 Å². The van der Waals surface area contributed by atoms with Crippen molar-refractivity contribution in [3.8, 4) is 0 Å². The van der Waals surface area contributed by atoms with Crippen LogP contribution in [0, 0.1) is 5.82 Å². The van der Waals surface area contributed by atoms with E-state index in [1.54, 1.807) is 0 Å². The summed E-state index contributed by atoms with van der Waals surface area (Å²) in [7, 11) is -4.70. The maximum absolute atomic E-state index is 13.1. The van der Waals surface area contributed by atoms with Gasteiger partial charge < -0.3 is 4.42 Å². The van der Waals surface area contributed by atoms with Gasteiger partial charge in [0.15, 0.2) is 11.5 Å². The Kier molecular flexibility index (Phi) is 3.21. The number of nitrogens with zero attached hydrogens (tertiary/aromatic N) is 2. The number of halogens is 2. The van der Waals surface area contributed by atoms with E-state index in [1.807, 2.05) is 0 Å². The molecular formula is C12H12F2N2O3S. The second kappa shape index (κ2) is 4.78. The minimum atomic E-state index is -4.70. The fourth-order valence-corrected chi connectivity index (χ4v) is 3.14. The summed E-state index contributed by atoms with van der Waals surface area (Å²) in [6, 6.07) is 3.98. The molecule has 5 nitrogen and oxygen atoms in total. The van der Waals surface area contributed by atoms with E-state index >= 15 is 0 Å². The van der Waals surface area contributed by atoms with Gasteiger partial charge in [-0.15, -0.1) is 0 Å². The maximum Gasteiger partial charge on any atom is 0.374 e. The van der Waals surface area contributed by atoms with Gasteiger partial charge in [0.05, 0.1) is 0 Å². The van der Waals surface area contributed by atoms with Crippen LogP contribution in [0.25, 0.3) is 11.1 Å². The third kappa shape index (κ3) is 2.53. The molecule has 1 fully saturated rings. The molecule has 1 aromatic carbocycles. The minimum Gasteiger partial charge on any atom is -0.440 e. The summed E-state index contributed by atoms with van der Waals surface area (Å²) in [5.41, 5.74) is 0.807. The Hall–Kier alpha value is -1.54. The Morgan fingerprint density at radius 2 is 2.20 bits per heavy atom. The molecule has 3 rings (SSSR count). The first-order chi connectivity index (χ1) is 9.43. The summed E-state index contributed by atoms with van der Waals surface area (Å²) in [5.74, 6) is -0.430. The van der Waals surface area contributed by atoms with Crippen molar-refractivity contribution in [1.82, 2.24) is 9.29 Å². The predicted octanol–water partition coefficient (Wildman–Crippen LogP) is 2.36. The van der Waals surface area contributed by atoms with Crippen LogP contribution in [0.4, 0.5) is 8.28 Å². The Bertz CT molecular complexity index is 744. The lowest BCUT2D eigenvalue weighted by Crippen LogP contribution is -2.37. The number of oxazole rings is 1. The third-order valence-corrected chi connectivity index (χ3v) is 4.36. The Balaban J connectivity index is 1.90. The molecule has 0 amide bonds. The van der Waals surface area contributed by atoms with Gasteiger partial charge in [-0.2, -0.15) is 12.7 Å². The lowest BCUT2D eigenvalue weighted by Gasteiger charge is -2.27. The molecule has 2 aromatic rings. The lowest BCUT2D eigenvalue weighted by atomic mass is 10.00. The second-order valence-corrected chi connectivity index (χ2v) is 6.14. The van der Waals surface area contributed by atoms with Crippen LogP contribution in [0.1, 0.15) is 24.7 Å². The van der Waals surface area contributed by atoms with Crippen molar-refractivity contribution in [2.24, 2.45) is 0 Å². The molecule has 1 aromatic heterocycles. The van der Waals surface area contributed by atoms with Gasteiger partial charge in [-0.1, -0.05) is 3.89 Å². The third-order valence-electron chi connectivity index (χ3n) is 3.41. The van der Waals surface area contributed by atoms with Crippen molar-refractivity contribution in [1.29, 1.82) is 0 Å². The summed E-state index contributed by atoms with van der Waals surface area (Å²) >= 11 is 0. The van der Waals surface area contributed by atoms with Crippen LogP contribution in [0.3, 0.4) is 0 Å². The fourth-order valence-electron chi connectivity index (χ4n) is 2.43. The first-order valence-electron chi connectivity index (χ1n) is 6.19. The van der Waals surface area contributed by atoms with Gasteiger partial charge in [0.25, 0.3) is 0 Å². The lowest BCUT2D eigenvalue weighted by molar-refractivity contribution is 0.278. The van der Waals surface area contributed by atoms with Crippen molar-refractivity contribution in [3.63, 3.8) is 0 Å². The first kappa shape index (κ1) is 13.4. The SMILES string of the molecule is O=S(=O)(F)N1CCCC(c2nc3ccc(F)cc3o2)C1. The van der Waals surface area contributed by atoms with Gasteiger partial charge in [-0.25, -0.2) is 9.37 Å². The number of fused-ring (bicyclic) bond motifs is 1. The van der Waals surface area contributed by atoms with E-state index in [2.05, 4.69) is 4.98 Å². The molecule has 2 heterocycles. The van der Waals surface area contributed by atoms with Crippen molar-refractivity contribution in [3.05, 3.63) is 29.9 Å². The second-order valence-electron chi connectivity index (χ2n) is 4.80. The number of rotatable bonds is 2. The van der Waals surface area contributed by atoms with Gasteiger partial charge in [0.1, 0.15) is 11.3 Å². The van der Waals surface area contributed by atoms with Crippen molar-refractivity contribution >= 4 is 21.5 Å². The summed E-state index contributed by atoms with van der Waals surface area (Å²) in [4.78, 5) is 4.22. The quantitative estimate of drug-likeness (QED) is 0.799. The molecule has 0 bridgehead atoms. The monoisotopic (exact) mass is 302 g/mol. The molecule has 20 heavy (non-hydrogen) atoms. The maximum atomic E-state index is 13.1. The van der Waals surface area contributed by atoms with Crippen molar-refractivity contribution < 1.29 is 21.1 Å². The summed E-state index contributed by atoms with van der Waals surface area (Å²) < 4.78 is 54.2. The topological polar surface area (TPSA) is 63.4 Å². The predicted molar refractivity (Wildman–Crippen MR) is 67.5 cm³/mol. The highest BCUT2D eigenvalue weighted by molar-refractivity contribution is 7.83. The fraction of sp³-hybridized carbons (Fsp3) is 0.417. The van der Waals surface area contributed by atoms with Crippen LogP contribution in [-0.4, -0.2) is 30.8 Å². The van der Waals surface area contributed by atoms with Crippen LogP contribution in [0.15, 0.2) is 22.6 Å². The largest absolute Gasteiger partial charge is 0.440 e. The molecule has 1 unspecified atom stereocenters. The zero-order valence-corrected chi connectivity index (χ0v) is 11.2. The van der Waals surface area contributed by atoms with Crippen LogP contribution < -0.4 is 0 Å². The molecule has 0 spiro atoms. The van der Waals surface area contributed by atoms with Gasteiger partial charge >= 0.3 is 10.4 Å². The summed E-state index contributed by atoms with van der Waals surface area (Å²) in [5, 5.41) is 0. The molecular weight excluding hydrogens is 290 g/mol. The van der Waals surface area contributed by atoms with E-state index in [4.69, 9.17) is 4.42 Å². The summed E-state index contributed by atoms with van der Waals surface area (Å²) in [6.45, 7) is 0.151. The van der Waals surface area contributed by atoms with E-state index in [9.17, 15) is 16.7 Å². The summed E-state index contributed by atoms with van der Waals surface area (Å²) in [6.07, 6.45) is 1.18. The van der Waals surface area contributed by atoms with Gasteiger partial charge in [0, 0.05) is 25.1 Å². The zero-order chi connectivity index (χ0) is 14.3. The molecule has 8 heteroatoms. The smallest absolute Gasteiger partial charge is 0.374 e. The average molecular weight is 302 g/mol.